The van der Waals surface area contributed by atoms with Crippen molar-refractivity contribution in [2.24, 2.45) is 5.50 Å². The van der Waals surface area contributed by atoms with E-state index >= 15 is 0 Å². The molecule has 0 saturated heterocycles. The lowest BCUT2D eigenvalue weighted by Gasteiger charge is -1.95. The Morgan fingerprint density at radius 3 is 2.62 bits per heavy atom. The summed E-state index contributed by atoms with van der Waals surface area (Å²) in [7, 11) is -2.12. The number of H-pyrrole nitrogens is 1. The maximum Gasteiger partial charge on any atom is 0.247 e. The molecule has 2 aromatic rings. The highest BCUT2D eigenvalue weighted by Crippen LogP contribution is 2.12. The van der Waals surface area contributed by atoms with E-state index in [1.54, 1.807) is 12.4 Å². The molecular formula is C7H11N6O2P. The number of nitrogens with two attached hydrogens (primary N) is 2. The quantitative estimate of drug-likeness (QED) is 0.432. The molecule has 0 radical (unpaired) electrons. The fourth-order valence-electron chi connectivity index (χ4n) is 1.02. The van der Waals surface area contributed by atoms with Crippen LogP contribution in [0.15, 0.2) is 12.9 Å². The molecule has 0 saturated carbocycles. The van der Waals surface area contributed by atoms with Gasteiger partial charge in [0.2, 0.25) is 14.5 Å². The number of fused-ring (bicyclic) bond motifs is 1. The Labute approximate surface area is 92.0 Å². The summed E-state index contributed by atoms with van der Waals surface area (Å²) in [6.45, 7) is 3.61. The second-order valence-electron chi connectivity index (χ2n) is 2.59. The summed E-state index contributed by atoms with van der Waals surface area (Å²) in [5.41, 5.74) is 11.7. The van der Waals surface area contributed by atoms with E-state index in [0.29, 0.717) is 11.3 Å². The van der Waals surface area contributed by atoms with E-state index in [0.717, 1.165) is 5.52 Å². The summed E-state index contributed by atoms with van der Waals surface area (Å²) in [6, 6.07) is 0. The van der Waals surface area contributed by atoms with E-state index in [1.807, 2.05) is 0 Å². The van der Waals surface area contributed by atoms with Gasteiger partial charge in [-0.2, -0.15) is 4.98 Å². The highest BCUT2D eigenvalue weighted by atomic mass is 31.2. The van der Waals surface area contributed by atoms with Crippen LogP contribution in [-0.2, 0) is 0 Å². The van der Waals surface area contributed by atoms with Gasteiger partial charge in [-0.25, -0.2) is 9.97 Å². The maximum absolute atomic E-state index is 7.45. The molecule has 8 nitrogen and oxygen atoms in total. The minimum Gasteiger partial charge on any atom is -0.368 e. The van der Waals surface area contributed by atoms with Crippen LogP contribution in [0.25, 0.3) is 17.2 Å². The van der Waals surface area contributed by atoms with E-state index in [4.69, 9.17) is 15.5 Å². The lowest BCUT2D eigenvalue weighted by Crippen LogP contribution is -1.97. The highest BCUT2D eigenvalue weighted by Gasteiger charge is 2.03. The first-order valence-electron chi connectivity index (χ1n) is 4.06. The van der Waals surface area contributed by atoms with Crippen molar-refractivity contribution in [1.82, 2.24) is 19.9 Å². The molecule has 0 bridgehead atoms. The fraction of sp³-hybridized carbons (Fsp3) is 0. The third kappa shape index (κ3) is 3.21. The van der Waals surface area contributed by atoms with Crippen molar-refractivity contribution < 1.29 is 9.79 Å². The number of rotatable bonds is 1. The predicted octanol–water partition coefficient (Wildman–Crippen LogP) is -0.265. The van der Waals surface area contributed by atoms with E-state index in [1.165, 1.54) is 0 Å². The van der Waals surface area contributed by atoms with Crippen LogP contribution in [0.2, 0.25) is 0 Å². The van der Waals surface area contributed by atoms with Crippen LogP contribution in [0.5, 0.6) is 0 Å². The molecule has 9 heteroatoms. The lowest BCUT2D eigenvalue weighted by molar-refractivity contribution is 0.485. The van der Waals surface area contributed by atoms with Gasteiger partial charge in [0.05, 0.1) is 12.0 Å². The molecule has 0 fully saturated rings. The zero-order valence-corrected chi connectivity index (χ0v) is 9.09. The normalized spacial score (nSPS) is 10.0. The molecule has 7 N–H and O–H groups in total. The van der Waals surface area contributed by atoms with Gasteiger partial charge in [-0.1, -0.05) is 6.58 Å². The summed E-state index contributed by atoms with van der Waals surface area (Å²) < 4.78 is 0. The fourth-order valence-corrected chi connectivity index (χ4v) is 1.02. The molecule has 0 aromatic carbocycles. The molecule has 86 valence electrons. The molecule has 0 unspecified atom stereocenters. The van der Waals surface area contributed by atoms with Crippen LogP contribution in [0.1, 0.15) is 5.69 Å². The average molecular weight is 242 g/mol. The molecule has 0 aliphatic heterocycles. The van der Waals surface area contributed by atoms with Crippen molar-refractivity contribution >= 4 is 31.7 Å². The first-order valence-corrected chi connectivity index (χ1v) is 5.38. The molecule has 2 aromatic heterocycles. The monoisotopic (exact) mass is 242 g/mol. The number of nitrogens with one attached hydrogen (secondary N) is 1. The van der Waals surface area contributed by atoms with Crippen molar-refractivity contribution in [2.45, 2.75) is 0 Å². The van der Waals surface area contributed by atoms with Crippen LogP contribution in [-0.4, -0.2) is 29.7 Å². The molecule has 0 aliphatic carbocycles. The van der Waals surface area contributed by atoms with E-state index in [-0.39, 0.29) is 5.95 Å². The highest BCUT2D eigenvalue weighted by molar-refractivity contribution is 7.42. The van der Waals surface area contributed by atoms with Gasteiger partial charge < -0.3 is 20.5 Å². The molecular weight excluding hydrogens is 231 g/mol. The van der Waals surface area contributed by atoms with Crippen molar-refractivity contribution in [3.63, 3.8) is 0 Å². The first kappa shape index (κ1) is 12.5. The third-order valence-electron chi connectivity index (χ3n) is 1.52. The summed E-state index contributed by atoms with van der Waals surface area (Å²) >= 11 is 0. The van der Waals surface area contributed by atoms with Gasteiger partial charge in [0, 0.05) is 0 Å². The minimum absolute atomic E-state index is 0.213. The molecule has 0 atom stereocenters. The Morgan fingerprint density at radius 1 is 1.44 bits per heavy atom. The van der Waals surface area contributed by atoms with Crippen LogP contribution in [0, 0.1) is 0 Å². The molecule has 2 rings (SSSR count). The van der Waals surface area contributed by atoms with Gasteiger partial charge in [0.25, 0.3) is 0 Å². The molecule has 0 aliphatic rings. The summed E-state index contributed by atoms with van der Waals surface area (Å²) in [5.74, 6) is 0.213. The Hall–Kier alpha value is -1.60. The second-order valence-corrected chi connectivity index (χ2v) is 3.23. The van der Waals surface area contributed by atoms with Gasteiger partial charge in [0.15, 0.2) is 5.65 Å². The predicted molar refractivity (Wildman–Crippen MR) is 61.7 cm³/mol. The third-order valence-corrected chi connectivity index (χ3v) is 1.52. The van der Waals surface area contributed by atoms with Crippen molar-refractivity contribution in [2.75, 3.05) is 5.73 Å². The van der Waals surface area contributed by atoms with Gasteiger partial charge in [-0.05, 0) is 6.08 Å². The van der Waals surface area contributed by atoms with Gasteiger partial charge in [-0.15, -0.1) is 0 Å². The van der Waals surface area contributed by atoms with Crippen molar-refractivity contribution in [1.29, 1.82) is 0 Å². The largest absolute Gasteiger partial charge is 0.368 e. The number of nitrogens with zero attached hydrogens (tertiary/aromatic N) is 3. The van der Waals surface area contributed by atoms with Gasteiger partial charge >= 0.3 is 0 Å². The van der Waals surface area contributed by atoms with Crippen molar-refractivity contribution in [3.8, 4) is 0 Å². The van der Waals surface area contributed by atoms with E-state index < -0.39 is 8.53 Å². The second kappa shape index (κ2) is 5.47. The van der Waals surface area contributed by atoms with E-state index in [9.17, 15) is 0 Å². The smallest absolute Gasteiger partial charge is 0.247 e. The lowest BCUT2D eigenvalue weighted by atomic mass is 10.3. The standard InChI is InChI=1S/C7H7N5.H4NO2P/c1-2-4-5-6(10-3-9-5)12-7(8)11-4;1-4(2)3/h2-3H,1H2,(H3,8,9,10,11,12);2-3H,1H2. The van der Waals surface area contributed by atoms with Crippen LogP contribution < -0.4 is 11.2 Å². The first-order chi connectivity index (χ1) is 7.54. The Kier molecular flexibility index (Phi) is 4.27. The topological polar surface area (TPSA) is 147 Å². The van der Waals surface area contributed by atoms with Crippen LogP contribution in [0.4, 0.5) is 5.95 Å². The average Bonchev–Trinajstić information content (AvgIpc) is 2.63. The van der Waals surface area contributed by atoms with Crippen molar-refractivity contribution in [3.05, 3.63) is 18.6 Å². The van der Waals surface area contributed by atoms with Crippen LogP contribution in [0.3, 0.4) is 0 Å². The number of hydrogen-bond donors (Lipinski definition) is 5. The number of nitrogen functional groups attached to an aromatic ring is 1. The molecule has 2 heterocycles. The van der Waals surface area contributed by atoms with E-state index in [2.05, 4.69) is 32.0 Å². The maximum atomic E-state index is 7.45. The summed E-state index contributed by atoms with van der Waals surface area (Å²) in [5, 5.41) is 0. The Bertz CT molecular complexity index is 482. The van der Waals surface area contributed by atoms with Gasteiger partial charge in [-0.3, -0.25) is 5.50 Å². The van der Waals surface area contributed by atoms with Gasteiger partial charge in [0.1, 0.15) is 5.52 Å². The Balaban J connectivity index is 0.000000280. The number of anilines is 1. The molecule has 0 amide bonds. The molecule has 16 heavy (non-hydrogen) atoms. The Morgan fingerprint density at radius 2 is 2.06 bits per heavy atom. The zero-order chi connectivity index (χ0) is 12.1. The van der Waals surface area contributed by atoms with Crippen LogP contribution >= 0.6 is 8.53 Å². The summed E-state index contributed by atoms with van der Waals surface area (Å²) in [6.07, 6.45) is 3.16. The number of imidazole rings is 1. The summed E-state index contributed by atoms with van der Waals surface area (Å²) in [4.78, 5) is 29.7. The minimum atomic E-state index is -2.12. The zero-order valence-electron chi connectivity index (χ0n) is 8.20. The molecule has 0 spiro atoms. The number of hydrogen-bond acceptors (Lipinski definition) is 7. The number of aromatic amines is 1. The number of aromatic nitrogens is 4. The SMILES string of the molecule is C=Cc1nc(N)nc2nc[nH]c12.NP(O)O.